The number of hydrogen-bond acceptors (Lipinski definition) is 6. The Morgan fingerprint density at radius 1 is 1.08 bits per heavy atom. The Morgan fingerprint density at radius 2 is 1.84 bits per heavy atom. The number of carbonyl (C=O) groups excluding carboxylic acids is 1. The van der Waals surface area contributed by atoms with Crippen molar-refractivity contribution in [2.24, 2.45) is 0 Å². The van der Waals surface area contributed by atoms with Crippen molar-refractivity contribution in [3.63, 3.8) is 0 Å². The number of nitrogens with zero attached hydrogens (tertiary/aromatic N) is 2. The Kier molecular flexibility index (Phi) is 6.28. The molecular weight excluding hydrogens is 514 g/mol. The van der Waals surface area contributed by atoms with Gasteiger partial charge in [0, 0.05) is 30.3 Å². The lowest BCUT2D eigenvalue weighted by molar-refractivity contribution is -0.286. The average molecular weight is 541 g/mol. The summed E-state index contributed by atoms with van der Waals surface area (Å²) in [5, 5.41) is 9.54. The molecule has 0 radical (unpaired) electrons. The molecule has 0 bridgehead atoms. The van der Waals surface area contributed by atoms with Gasteiger partial charge in [0.05, 0.1) is 22.6 Å². The van der Waals surface area contributed by atoms with Gasteiger partial charge in [0.15, 0.2) is 11.5 Å². The van der Waals surface area contributed by atoms with Crippen molar-refractivity contribution in [1.29, 1.82) is 0 Å². The molecule has 3 aliphatic rings. The summed E-state index contributed by atoms with van der Waals surface area (Å²) in [5.41, 5.74) is 2.04. The zero-order valence-electron chi connectivity index (χ0n) is 20.4. The zero-order chi connectivity index (χ0) is 26.5. The summed E-state index contributed by atoms with van der Waals surface area (Å²) in [4.78, 5) is 18.7. The molecule has 1 aromatic heterocycles. The molecule has 7 nitrogen and oxygen atoms in total. The SMILES string of the molecule is O=C(Cc1cccc(-c2ccc(S(=O)N3CCC[C@@H]3CO)cc2)n1)C1(c2ccc3c(c2)OC(F)(F)O3)CC1. The number of rotatable bonds is 8. The van der Waals surface area contributed by atoms with Crippen LogP contribution in [0, 0.1) is 0 Å². The van der Waals surface area contributed by atoms with Gasteiger partial charge in [0.2, 0.25) is 0 Å². The fourth-order valence-electron chi connectivity index (χ4n) is 5.26. The number of fused-ring (bicyclic) bond motifs is 1. The predicted molar refractivity (Wildman–Crippen MR) is 135 cm³/mol. The molecule has 6 rings (SSSR count). The minimum Gasteiger partial charge on any atom is -0.395 e. The smallest absolute Gasteiger partial charge is 0.395 e. The molecule has 1 saturated carbocycles. The lowest BCUT2D eigenvalue weighted by Gasteiger charge is -2.21. The van der Waals surface area contributed by atoms with E-state index in [9.17, 15) is 22.9 Å². The largest absolute Gasteiger partial charge is 0.586 e. The molecular formula is C28H26F2N2O5S. The zero-order valence-corrected chi connectivity index (χ0v) is 21.3. The van der Waals surface area contributed by atoms with Gasteiger partial charge >= 0.3 is 6.29 Å². The molecule has 3 heterocycles. The number of ether oxygens (including phenoxy) is 2. The number of benzene rings is 2. The Labute approximate surface area is 221 Å². The Hall–Kier alpha value is -3.21. The fraction of sp³-hybridized carbons (Fsp3) is 0.357. The van der Waals surface area contributed by atoms with Gasteiger partial charge in [-0.05, 0) is 67.6 Å². The first-order chi connectivity index (χ1) is 18.3. The second kappa shape index (κ2) is 9.52. The van der Waals surface area contributed by atoms with Gasteiger partial charge in [-0.2, -0.15) is 0 Å². The van der Waals surface area contributed by atoms with Crippen molar-refractivity contribution in [2.45, 2.75) is 54.8 Å². The molecule has 10 heteroatoms. The van der Waals surface area contributed by atoms with Crippen LogP contribution in [-0.4, -0.2) is 49.9 Å². The second-order valence-electron chi connectivity index (χ2n) is 9.92. The van der Waals surface area contributed by atoms with Crippen LogP contribution in [0.5, 0.6) is 11.5 Å². The van der Waals surface area contributed by atoms with Gasteiger partial charge in [-0.15, -0.1) is 8.78 Å². The molecule has 2 atom stereocenters. The number of hydrogen-bond donors (Lipinski definition) is 1. The third-order valence-electron chi connectivity index (χ3n) is 7.48. The van der Waals surface area contributed by atoms with E-state index < -0.39 is 22.7 Å². The third-order valence-corrected chi connectivity index (χ3v) is 9.07. The Balaban J connectivity index is 1.16. The van der Waals surface area contributed by atoms with Gasteiger partial charge in [-0.1, -0.05) is 24.3 Å². The summed E-state index contributed by atoms with van der Waals surface area (Å²) >= 11 is 0. The van der Waals surface area contributed by atoms with Crippen molar-refractivity contribution in [2.75, 3.05) is 13.2 Å². The van der Waals surface area contributed by atoms with Crippen LogP contribution >= 0.6 is 0 Å². The maximum absolute atomic E-state index is 13.4. The summed E-state index contributed by atoms with van der Waals surface area (Å²) in [7, 11) is -1.34. The number of aromatic nitrogens is 1. The molecule has 0 spiro atoms. The molecule has 1 saturated heterocycles. The van der Waals surface area contributed by atoms with Gasteiger partial charge in [-0.3, -0.25) is 9.78 Å². The number of pyridine rings is 1. The van der Waals surface area contributed by atoms with Gasteiger partial charge in [-0.25, -0.2) is 8.51 Å². The monoisotopic (exact) mass is 540 g/mol. The van der Waals surface area contributed by atoms with E-state index in [1.807, 2.05) is 28.6 Å². The van der Waals surface area contributed by atoms with E-state index in [-0.39, 0.29) is 36.4 Å². The molecule has 1 aliphatic carbocycles. The Bertz CT molecular complexity index is 1410. The summed E-state index contributed by atoms with van der Waals surface area (Å²) in [6, 6.07) is 17.3. The van der Waals surface area contributed by atoms with Gasteiger partial charge < -0.3 is 14.6 Å². The van der Waals surface area contributed by atoms with Crippen LogP contribution in [0.3, 0.4) is 0 Å². The number of alkyl halides is 2. The molecule has 3 aromatic rings. The molecule has 198 valence electrons. The van der Waals surface area contributed by atoms with Crippen molar-refractivity contribution in [3.05, 3.63) is 71.9 Å². The number of Topliss-reactive ketones (excluding diaryl/α,β-unsaturated/α-hetero) is 1. The Morgan fingerprint density at radius 3 is 2.58 bits per heavy atom. The highest BCUT2D eigenvalue weighted by Gasteiger charge is 2.52. The molecule has 0 amide bonds. The average Bonchev–Trinajstić information content (AvgIpc) is 3.48. The number of aliphatic hydroxyl groups excluding tert-OH is 1. The summed E-state index contributed by atoms with van der Waals surface area (Å²) in [5.74, 6) is -0.130. The number of aliphatic hydroxyl groups is 1. The van der Waals surface area contributed by atoms with Crippen LogP contribution < -0.4 is 9.47 Å². The minimum atomic E-state index is -3.70. The summed E-state index contributed by atoms with van der Waals surface area (Å²) in [6.45, 7) is 0.683. The first kappa shape index (κ1) is 25.1. The molecule has 1 N–H and O–H groups in total. The number of ketones is 1. The third kappa shape index (κ3) is 4.61. The van der Waals surface area contributed by atoms with Crippen LogP contribution in [0.15, 0.2) is 65.6 Å². The fourth-order valence-corrected chi connectivity index (χ4v) is 6.64. The standard InChI is InChI=1S/C28H26F2N2O5S/c29-28(30)36-24-11-8-19(15-25(24)37-28)27(12-13-27)26(34)16-20-3-1-5-23(31-20)18-6-9-22(10-7-18)38(35)32-14-2-4-21(32)17-33/h1,3,5-11,15,21,33H,2,4,12-14,16-17H2/t21-,38?/m1/s1. The van der Waals surface area contributed by atoms with Crippen molar-refractivity contribution >= 4 is 16.8 Å². The van der Waals surface area contributed by atoms with E-state index >= 15 is 0 Å². The van der Waals surface area contributed by atoms with Crippen LogP contribution in [-0.2, 0) is 27.6 Å². The van der Waals surface area contributed by atoms with E-state index in [4.69, 9.17) is 0 Å². The first-order valence-corrected chi connectivity index (χ1v) is 13.7. The van der Waals surface area contributed by atoms with Crippen LogP contribution in [0.4, 0.5) is 8.78 Å². The highest BCUT2D eigenvalue weighted by Crippen LogP contribution is 2.52. The van der Waals surface area contributed by atoms with Crippen molar-refractivity contribution < 1.29 is 32.4 Å². The van der Waals surface area contributed by atoms with Crippen LogP contribution in [0.2, 0.25) is 0 Å². The normalized spacial score (nSPS) is 21.8. The van der Waals surface area contributed by atoms with Crippen molar-refractivity contribution in [3.8, 4) is 22.8 Å². The van der Waals surface area contributed by atoms with E-state index in [1.165, 1.54) is 12.1 Å². The molecule has 2 aromatic carbocycles. The highest BCUT2D eigenvalue weighted by molar-refractivity contribution is 7.82. The number of halogens is 2. The molecule has 2 fully saturated rings. The molecule has 1 unspecified atom stereocenters. The maximum Gasteiger partial charge on any atom is 0.586 e. The van der Waals surface area contributed by atoms with E-state index in [1.54, 1.807) is 24.3 Å². The predicted octanol–water partition coefficient (Wildman–Crippen LogP) is 4.39. The van der Waals surface area contributed by atoms with Gasteiger partial charge in [0.1, 0.15) is 16.8 Å². The van der Waals surface area contributed by atoms with E-state index in [0.717, 1.165) is 18.4 Å². The van der Waals surface area contributed by atoms with Gasteiger partial charge in [0.25, 0.3) is 0 Å². The minimum absolute atomic E-state index is 0.00878. The topological polar surface area (TPSA) is 89.0 Å². The highest BCUT2D eigenvalue weighted by atomic mass is 32.2. The summed E-state index contributed by atoms with van der Waals surface area (Å²) in [6.07, 6.45) is -0.575. The first-order valence-electron chi connectivity index (χ1n) is 12.6. The summed E-state index contributed by atoms with van der Waals surface area (Å²) < 4.78 is 50.7. The van der Waals surface area contributed by atoms with E-state index in [0.29, 0.717) is 41.2 Å². The lowest BCUT2D eigenvalue weighted by atomic mass is 9.88. The van der Waals surface area contributed by atoms with E-state index in [2.05, 4.69) is 14.5 Å². The van der Waals surface area contributed by atoms with Crippen LogP contribution in [0.25, 0.3) is 11.3 Å². The second-order valence-corrected chi connectivity index (χ2v) is 11.4. The maximum atomic E-state index is 13.4. The molecule has 38 heavy (non-hydrogen) atoms. The van der Waals surface area contributed by atoms with Crippen molar-refractivity contribution in [1.82, 2.24) is 9.29 Å². The number of carbonyl (C=O) groups is 1. The lowest BCUT2D eigenvalue weighted by Crippen LogP contribution is -2.33. The quantitative estimate of drug-likeness (QED) is 0.456. The van der Waals surface area contributed by atoms with Crippen LogP contribution in [0.1, 0.15) is 36.9 Å². The molecule has 2 aliphatic heterocycles.